The lowest BCUT2D eigenvalue weighted by Gasteiger charge is -2.32. The molecule has 3 heteroatoms. The highest BCUT2D eigenvalue weighted by Gasteiger charge is 2.28. The van der Waals surface area contributed by atoms with Crippen molar-refractivity contribution in [3.63, 3.8) is 0 Å². The summed E-state index contributed by atoms with van der Waals surface area (Å²) in [5.41, 5.74) is 1.60. The van der Waals surface area contributed by atoms with Crippen molar-refractivity contribution in [3.05, 3.63) is 65.7 Å². The van der Waals surface area contributed by atoms with Gasteiger partial charge in [0.05, 0.1) is 13.2 Å². The molecule has 2 rings (SSSR count). The molecule has 0 bridgehead atoms. The van der Waals surface area contributed by atoms with Crippen LogP contribution in [0.3, 0.4) is 0 Å². The maximum atomic E-state index is 10.6. The Balaban J connectivity index is 2.06. The Bertz CT molecular complexity index is 566. The first-order valence-corrected chi connectivity index (χ1v) is 7.14. The highest BCUT2D eigenvalue weighted by Crippen LogP contribution is 2.28. The third kappa shape index (κ3) is 4.06. The van der Waals surface area contributed by atoms with Crippen molar-refractivity contribution in [2.24, 2.45) is 0 Å². The maximum absolute atomic E-state index is 10.6. The van der Waals surface area contributed by atoms with E-state index in [4.69, 9.17) is 4.74 Å². The van der Waals surface area contributed by atoms with E-state index in [9.17, 15) is 5.11 Å². The topological polar surface area (TPSA) is 41.5 Å². The van der Waals surface area contributed by atoms with Crippen LogP contribution < -0.4 is 10.1 Å². The number of benzene rings is 2. The number of aliphatic hydroxyl groups is 1. The van der Waals surface area contributed by atoms with Crippen LogP contribution in [0.1, 0.15) is 31.1 Å². The van der Waals surface area contributed by atoms with Gasteiger partial charge in [-0.15, -0.1) is 0 Å². The van der Waals surface area contributed by atoms with E-state index in [1.54, 1.807) is 7.11 Å². The van der Waals surface area contributed by atoms with Crippen LogP contribution in [0.5, 0.6) is 5.75 Å². The number of hydrogen-bond donors (Lipinski definition) is 2. The van der Waals surface area contributed by atoms with E-state index in [0.29, 0.717) is 0 Å². The third-order valence-electron chi connectivity index (χ3n) is 3.68. The molecule has 1 atom stereocenters. The molecule has 0 aliphatic heterocycles. The first kappa shape index (κ1) is 15.5. The van der Waals surface area contributed by atoms with Gasteiger partial charge in [-0.3, -0.25) is 0 Å². The van der Waals surface area contributed by atoms with Crippen LogP contribution in [0, 0.1) is 0 Å². The van der Waals surface area contributed by atoms with Gasteiger partial charge >= 0.3 is 0 Å². The molecule has 0 heterocycles. The number of rotatable bonds is 6. The average Bonchev–Trinajstić information content (AvgIpc) is 2.53. The molecule has 0 radical (unpaired) electrons. The minimum absolute atomic E-state index is 0.442. The number of nitrogens with one attached hydrogen (secondary N) is 1. The molecule has 0 aliphatic rings. The van der Waals surface area contributed by atoms with Crippen molar-refractivity contribution in [1.29, 1.82) is 0 Å². The van der Waals surface area contributed by atoms with Crippen molar-refractivity contribution in [2.45, 2.75) is 32.0 Å². The molecule has 0 aliphatic carbocycles. The molecule has 112 valence electrons. The van der Waals surface area contributed by atoms with Crippen molar-refractivity contribution in [1.82, 2.24) is 5.32 Å². The molecule has 0 aromatic heterocycles. The van der Waals surface area contributed by atoms with E-state index >= 15 is 0 Å². The number of hydrogen-bond acceptors (Lipinski definition) is 3. The summed E-state index contributed by atoms with van der Waals surface area (Å²) in [5.74, 6) is 0.755. The normalized spacial score (nSPS) is 13.0. The van der Waals surface area contributed by atoms with Crippen LogP contribution in [0.4, 0.5) is 0 Å². The minimum Gasteiger partial charge on any atom is -0.497 e. The highest BCUT2D eigenvalue weighted by atomic mass is 16.5. The number of ether oxygens (including phenoxy) is 1. The summed E-state index contributed by atoms with van der Waals surface area (Å²) in [4.78, 5) is 0. The second-order valence-electron chi connectivity index (χ2n) is 5.74. The van der Waals surface area contributed by atoms with E-state index in [0.717, 1.165) is 17.9 Å². The molecule has 0 spiro atoms. The summed E-state index contributed by atoms with van der Waals surface area (Å²) in [6.45, 7) is 4.72. The van der Waals surface area contributed by atoms with Gasteiger partial charge in [-0.2, -0.15) is 0 Å². The average molecular weight is 285 g/mol. The smallest absolute Gasteiger partial charge is 0.119 e. The number of aliphatic hydroxyl groups excluding tert-OH is 1. The van der Waals surface area contributed by atoms with Crippen LogP contribution in [0.25, 0.3) is 0 Å². The SMILES string of the molecule is COc1cccc(C(O)C(C)(C)NCc2ccccc2)c1. The molecule has 0 saturated heterocycles. The Hall–Kier alpha value is -1.84. The van der Waals surface area contributed by atoms with Crippen molar-refractivity contribution < 1.29 is 9.84 Å². The van der Waals surface area contributed by atoms with Gasteiger partial charge in [0.15, 0.2) is 0 Å². The zero-order chi connectivity index (χ0) is 15.3. The molecular formula is C18H23NO2. The fourth-order valence-electron chi connectivity index (χ4n) is 2.25. The first-order valence-electron chi connectivity index (χ1n) is 7.14. The quantitative estimate of drug-likeness (QED) is 0.855. The molecule has 1 unspecified atom stereocenters. The number of methoxy groups -OCH3 is 1. The Labute approximate surface area is 126 Å². The fourth-order valence-corrected chi connectivity index (χ4v) is 2.25. The molecular weight excluding hydrogens is 262 g/mol. The van der Waals surface area contributed by atoms with Gasteiger partial charge in [-0.05, 0) is 37.1 Å². The molecule has 21 heavy (non-hydrogen) atoms. The Morgan fingerprint density at radius 1 is 1.10 bits per heavy atom. The largest absolute Gasteiger partial charge is 0.497 e. The Kier molecular flexibility index (Phi) is 4.99. The van der Waals surface area contributed by atoms with Gasteiger partial charge in [0, 0.05) is 12.1 Å². The summed E-state index contributed by atoms with van der Waals surface area (Å²) < 4.78 is 5.22. The first-order chi connectivity index (χ1) is 10.0. The van der Waals surface area contributed by atoms with Crippen molar-refractivity contribution in [3.8, 4) is 5.75 Å². The molecule has 0 saturated carbocycles. The lowest BCUT2D eigenvalue weighted by molar-refractivity contribution is 0.0789. The van der Waals surface area contributed by atoms with E-state index in [2.05, 4.69) is 17.4 Å². The molecule has 0 amide bonds. The Morgan fingerprint density at radius 3 is 2.48 bits per heavy atom. The lowest BCUT2D eigenvalue weighted by Crippen LogP contribution is -2.44. The molecule has 3 nitrogen and oxygen atoms in total. The third-order valence-corrected chi connectivity index (χ3v) is 3.68. The standard InChI is InChI=1S/C18H23NO2/c1-18(2,19-13-14-8-5-4-6-9-14)17(20)15-10-7-11-16(12-15)21-3/h4-12,17,19-20H,13H2,1-3H3. The molecule has 2 aromatic carbocycles. The molecule has 2 aromatic rings. The summed E-state index contributed by atoms with van der Waals surface area (Å²) in [5, 5.41) is 14.0. The highest BCUT2D eigenvalue weighted by molar-refractivity contribution is 5.31. The van der Waals surface area contributed by atoms with E-state index < -0.39 is 11.6 Å². The van der Waals surface area contributed by atoms with Crippen LogP contribution >= 0.6 is 0 Å². The van der Waals surface area contributed by atoms with Crippen LogP contribution in [0.15, 0.2) is 54.6 Å². The lowest BCUT2D eigenvalue weighted by atomic mass is 9.91. The summed E-state index contributed by atoms with van der Waals surface area (Å²) in [6.07, 6.45) is -0.615. The summed E-state index contributed by atoms with van der Waals surface area (Å²) in [7, 11) is 1.63. The maximum Gasteiger partial charge on any atom is 0.119 e. The second kappa shape index (κ2) is 6.74. The predicted octanol–water partition coefficient (Wildman–Crippen LogP) is 3.30. The summed E-state index contributed by atoms with van der Waals surface area (Å²) >= 11 is 0. The zero-order valence-electron chi connectivity index (χ0n) is 12.8. The van der Waals surface area contributed by atoms with Crippen molar-refractivity contribution >= 4 is 0 Å². The van der Waals surface area contributed by atoms with Gasteiger partial charge in [-0.1, -0.05) is 42.5 Å². The van der Waals surface area contributed by atoms with E-state index in [-0.39, 0.29) is 0 Å². The minimum atomic E-state index is -0.615. The zero-order valence-corrected chi connectivity index (χ0v) is 12.8. The summed E-state index contributed by atoms with van der Waals surface area (Å²) in [6, 6.07) is 17.7. The Morgan fingerprint density at radius 2 is 1.81 bits per heavy atom. The molecule has 2 N–H and O–H groups in total. The van der Waals surface area contributed by atoms with Gasteiger partial charge in [0.1, 0.15) is 5.75 Å². The second-order valence-corrected chi connectivity index (χ2v) is 5.74. The van der Waals surface area contributed by atoms with Gasteiger partial charge < -0.3 is 15.2 Å². The van der Waals surface area contributed by atoms with Gasteiger partial charge in [-0.25, -0.2) is 0 Å². The fraction of sp³-hybridized carbons (Fsp3) is 0.333. The van der Waals surface area contributed by atoms with Crippen LogP contribution in [-0.4, -0.2) is 17.8 Å². The van der Waals surface area contributed by atoms with E-state index in [1.807, 2.05) is 56.3 Å². The van der Waals surface area contributed by atoms with Crippen LogP contribution in [0.2, 0.25) is 0 Å². The van der Waals surface area contributed by atoms with Crippen LogP contribution in [-0.2, 0) is 6.54 Å². The van der Waals surface area contributed by atoms with Gasteiger partial charge in [0.25, 0.3) is 0 Å². The molecule has 0 fully saturated rings. The van der Waals surface area contributed by atoms with Gasteiger partial charge in [0.2, 0.25) is 0 Å². The predicted molar refractivity (Wildman–Crippen MR) is 85.3 cm³/mol. The van der Waals surface area contributed by atoms with Crippen molar-refractivity contribution in [2.75, 3.05) is 7.11 Å². The monoisotopic (exact) mass is 285 g/mol. The van der Waals surface area contributed by atoms with E-state index in [1.165, 1.54) is 5.56 Å².